The van der Waals surface area contributed by atoms with Gasteiger partial charge in [0.05, 0.1) is 6.10 Å². The molecule has 0 aliphatic heterocycles. The summed E-state index contributed by atoms with van der Waals surface area (Å²) in [5.74, 6) is -0.455. The number of hydrogen-bond donors (Lipinski definition) is 1. The Kier molecular flexibility index (Phi) is 3.43. The lowest BCUT2D eigenvalue weighted by molar-refractivity contribution is 0.122. The highest BCUT2D eigenvalue weighted by atomic mass is 19.1. The fourth-order valence-electron chi connectivity index (χ4n) is 0.944. The van der Waals surface area contributed by atoms with Gasteiger partial charge in [0.1, 0.15) is 29.8 Å². The van der Waals surface area contributed by atoms with Crippen LogP contribution in [0.1, 0.15) is 12.5 Å². The molecule has 0 saturated heterocycles. The number of rotatable bonds is 3. The zero-order chi connectivity index (χ0) is 10.6. The maximum atomic E-state index is 13.0. The summed E-state index contributed by atoms with van der Waals surface area (Å²) in [7, 11) is 0. The molecule has 1 atom stereocenters. The molecule has 1 rings (SSSR count). The summed E-state index contributed by atoms with van der Waals surface area (Å²) < 4.78 is 18.1. The van der Waals surface area contributed by atoms with Gasteiger partial charge >= 0.3 is 0 Å². The third-order valence-electron chi connectivity index (χ3n) is 1.57. The summed E-state index contributed by atoms with van der Waals surface area (Å²) in [6.45, 7) is 1.59. The predicted molar refractivity (Wildman–Crippen MR) is 48.3 cm³/mol. The van der Waals surface area contributed by atoms with Gasteiger partial charge in [-0.25, -0.2) is 4.39 Å². The Hall–Kier alpha value is -1.60. The van der Waals surface area contributed by atoms with Gasteiger partial charge in [0.2, 0.25) is 0 Å². The third-order valence-corrected chi connectivity index (χ3v) is 1.57. The largest absolute Gasteiger partial charge is 0.489 e. The van der Waals surface area contributed by atoms with Crippen LogP contribution in [0.3, 0.4) is 0 Å². The first-order chi connectivity index (χ1) is 6.65. The molecule has 3 nitrogen and oxygen atoms in total. The van der Waals surface area contributed by atoms with Crippen molar-refractivity contribution in [3.8, 4) is 11.8 Å². The molecule has 0 amide bonds. The summed E-state index contributed by atoms with van der Waals surface area (Å²) in [5, 5.41) is 17.6. The van der Waals surface area contributed by atoms with Crippen LogP contribution in [-0.2, 0) is 0 Å². The quantitative estimate of drug-likeness (QED) is 0.794. The molecule has 0 unspecified atom stereocenters. The van der Waals surface area contributed by atoms with E-state index in [9.17, 15) is 4.39 Å². The van der Waals surface area contributed by atoms with E-state index in [1.807, 2.05) is 0 Å². The van der Waals surface area contributed by atoms with Crippen LogP contribution in [0.25, 0.3) is 0 Å². The standard InChI is InChI=1S/C10H10FNO2/c1-7(13)6-14-10-4-2-3-9(11)8(10)5-12/h2-4,7,13H,6H2,1H3/t7-/m1/s1. The molecular formula is C10H10FNO2. The number of halogens is 1. The van der Waals surface area contributed by atoms with Gasteiger partial charge in [-0.15, -0.1) is 0 Å². The molecule has 1 N–H and O–H groups in total. The van der Waals surface area contributed by atoms with Crippen LogP contribution in [0.2, 0.25) is 0 Å². The van der Waals surface area contributed by atoms with Crippen molar-refractivity contribution >= 4 is 0 Å². The molecule has 1 aromatic carbocycles. The van der Waals surface area contributed by atoms with Crippen molar-refractivity contribution in [2.75, 3.05) is 6.61 Å². The van der Waals surface area contributed by atoms with Crippen molar-refractivity contribution < 1.29 is 14.2 Å². The van der Waals surface area contributed by atoms with Crippen LogP contribution in [-0.4, -0.2) is 17.8 Å². The van der Waals surface area contributed by atoms with Gasteiger partial charge in [-0.1, -0.05) is 6.07 Å². The Morgan fingerprint density at radius 1 is 1.64 bits per heavy atom. The molecule has 0 aliphatic carbocycles. The molecule has 0 fully saturated rings. The number of nitriles is 1. The predicted octanol–water partition coefficient (Wildman–Crippen LogP) is 1.46. The molecule has 14 heavy (non-hydrogen) atoms. The second kappa shape index (κ2) is 4.58. The molecule has 74 valence electrons. The summed E-state index contributed by atoms with van der Waals surface area (Å²) in [6.07, 6.45) is -0.648. The lowest BCUT2D eigenvalue weighted by Crippen LogP contribution is -2.13. The molecule has 0 bridgehead atoms. The van der Waals surface area contributed by atoms with Crippen LogP contribution >= 0.6 is 0 Å². The van der Waals surface area contributed by atoms with Crippen LogP contribution < -0.4 is 4.74 Å². The van der Waals surface area contributed by atoms with E-state index in [0.29, 0.717) is 0 Å². The Morgan fingerprint density at radius 3 is 2.93 bits per heavy atom. The highest BCUT2D eigenvalue weighted by Gasteiger charge is 2.09. The van der Waals surface area contributed by atoms with E-state index < -0.39 is 11.9 Å². The van der Waals surface area contributed by atoms with E-state index in [4.69, 9.17) is 15.1 Å². The summed E-state index contributed by atoms with van der Waals surface area (Å²) in [4.78, 5) is 0. The van der Waals surface area contributed by atoms with Crippen LogP contribution in [0.15, 0.2) is 18.2 Å². The fraction of sp³-hybridized carbons (Fsp3) is 0.300. The average Bonchev–Trinajstić information content (AvgIpc) is 2.14. The second-order valence-corrected chi connectivity index (χ2v) is 2.88. The second-order valence-electron chi connectivity index (χ2n) is 2.88. The molecule has 0 aromatic heterocycles. The summed E-state index contributed by atoms with van der Waals surface area (Å²) >= 11 is 0. The molecule has 0 radical (unpaired) electrons. The minimum Gasteiger partial charge on any atom is -0.489 e. The first kappa shape index (κ1) is 10.5. The SMILES string of the molecule is C[C@@H](O)COc1cccc(F)c1C#N. The maximum Gasteiger partial charge on any atom is 0.144 e. The fourth-order valence-corrected chi connectivity index (χ4v) is 0.944. The van der Waals surface area contributed by atoms with Gasteiger partial charge in [0.15, 0.2) is 0 Å². The number of benzene rings is 1. The van der Waals surface area contributed by atoms with E-state index in [1.54, 1.807) is 13.0 Å². The van der Waals surface area contributed by atoms with Gasteiger partial charge in [-0.3, -0.25) is 0 Å². The number of aliphatic hydroxyl groups excluding tert-OH is 1. The minimum absolute atomic E-state index is 0.0398. The topological polar surface area (TPSA) is 53.2 Å². The van der Waals surface area contributed by atoms with E-state index in [1.165, 1.54) is 18.2 Å². The molecular weight excluding hydrogens is 185 g/mol. The average molecular weight is 195 g/mol. The highest BCUT2D eigenvalue weighted by molar-refractivity contribution is 5.43. The minimum atomic E-state index is -0.648. The molecule has 0 saturated carbocycles. The first-order valence-electron chi connectivity index (χ1n) is 4.14. The normalized spacial score (nSPS) is 11.9. The molecule has 0 spiro atoms. The zero-order valence-corrected chi connectivity index (χ0v) is 7.70. The number of ether oxygens (including phenoxy) is 1. The molecule has 4 heteroatoms. The zero-order valence-electron chi connectivity index (χ0n) is 7.70. The Bertz CT molecular complexity index is 358. The number of nitrogens with zero attached hydrogens (tertiary/aromatic N) is 1. The third kappa shape index (κ3) is 2.44. The summed E-state index contributed by atoms with van der Waals surface area (Å²) in [6, 6.07) is 5.84. The lowest BCUT2D eigenvalue weighted by Gasteiger charge is -2.09. The number of aliphatic hydroxyl groups is 1. The Balaban J connectivity index is 2.87. The monoisotopic (exact) mass is 195 g/mol. The van der Waals surface area contributed by atoms with Gasteiger partial charge in [0.25, 0.3) is 0 Å². The molecule has 1 aromatic rings. The first-order valence-corrected chi connectivity index (χ1v) is 4.14. The van der Waals surface area contributed by atoms with Crippen molar-refractivity contribution in [3.63, 3.8) is 0 Å². The highest BCUT2D eigenvalue weighted by Crippen LogP contribution is 2.20. The van der Waals surface area contributed by atoms with Crippen LogP contribution in [0.5, 0.6) is 5.75 Å². The van der Waals surface area contributed by atoms with Crippen LogP contribution in [0.4, 0.5) is 4.39 Å². The molecule has 0 heterocycles. The van der Waals surface area contributed by atoms with Crippen molar-refractivity contribution in [1.82, 2.24) is 0 Å². The summed E-state index contributed by atoms with van der Waals surface area (Å²) in [5.41, 5.74) is -0.131. The smallest absolute Gasteiger partial charge is 0.144 e. The van der Waals surface area contributed by atoms with Gasteiger partial charge in [-0.05, 0) is 19.1 Å². The van der Waals surface area contributed by atoms with Crippen molar-refractivity contribution in [2.24, 2.45) is 0 Å². The van der Waals surface area contributed by atoms with Crippen LogP contribution in [0, 0.1) is 17.1 Å². The Labute approximate surface area is 81.4 Å². The van der Waals surface area contributed by atoms with Gasteiger partial charge in [-0.2, -0.15) is 5.26 Å². The van der Waals surface area contributed by atoms with E-state index in [-0.39, 0.29) is 17.9 Å². The van der Waals surface area contributed by atoms with E-state index >= 15 is 0 Å². The van der Waals surface area contributed by atoms with Crippen molar-refractivity contribution in [2.45, 2.75) is 13.0 Å². The number of hydrogen-bond acceptors (Lipinski definition) is 3. The van der Waals surface area contributed by atoms with E-state index in [0.717, 1.165) is 0 Å². The Morgan fingerprint density at radius 2 is 2.36 bits per heavy atom. The maximum absolute atomic E-state index is 13.0. The van der Waals surface area contributed by atoms with Gasteiger partial charge in [0, 0.05) is 0 Å². The van der Waals surface area contributed by atoms with E-state index in [2.05, 4.69) is 0 Å². The molecule has 0 aliphatic rings. The lowest BCUT2D eigenvalue weighted by atomic mass is 10.2. The van der Waals surface area contributed by atoms with Gasteiger partial charge < -0.3 is 9.84 Å². The van der Waals surface area contributed by atoms with Crippen molar-refractivity contribution in [1.29, 1.82) is 5.26 Å². The van der Waals surface area contributed by atoms with Crippen molar-refractivity contribution in [3.05, 3.63) is 29.6 Å².